The van der Waals surface area contributed by atoms with Gasteiger partial charge in [0.1, 0.15) is 0 Å². The van der Waals surface area contributed by atoms with E-state index >= 15 is 0 Å². The van der Waals surface area contributed by atoms with Crippen LogP contribution in [-0.2, 0) is 13.0 Å². The molecule has 104 valence electrons. The lowest BCUT2D eigenvalue weighted by molar-refractivity contribution is 0.0954. The Bertz CT molecular complexity index is 593. The topological polar surface area (TPSA) is 55.1 Å². The average Bonchev–Trinajstić information content (AvgIpc) is 2.49. The molecule has 0 unspecified atom stereocenters. The van der Waals surface area contributed by atoms with Gasteiger partial charge in [0.2, 0.25) is 0 Å². The van der Waals surface area contributed by atoms with Gasteiger partial charge in [-0.2, -0.15) is 0 Å². The fourth-order valence-electron chi connectivity index (χ4n) is 2.14. The van der Waals surface area contributed by atoms with E-state index in [1.807, 2.05) is 36.4 Å². The minimum Gasteiger partial charge on any atom is -0.352 e. The molecule has 0 aliphatic heterocycles. The average molecular weight is 268 g/mol. The highest BCUT2D eigenvalue weighted by Gasteiger charge is 2.05. The first kappa shape index (κ1) is 14.3. The third kappa shape index (κ3) is 3.68. The molecule has 0 heterocycles. The quantitative estimate of drug-likeness (QED) is 0.875. The number of carbonyl (C=O) groups is 1. The molecule has 0 atom stereocenters. The number of benzene rings is 2. The summed E-state index contributed by atoms with van der Waals surface area (Å²) in [5, 5.41) is 2.95. The van der Waals surface area contributed by atoms with Crippen LogP contribution >= 0.6 is 0 Å². The van der Waals surface area contributed by atoms with Crippen molar-refractivity contribution < 1.29 is 4.79 Å². The van der Waals surface area contributed by atoms with Gasteiger partial charge in [0.25, 0.3) is 5.91 Å². The Kier molecular flexibility index (Phi) is 4.91. The van der Waals surface area contributed by atoms with Gasteiger partial charge < -0.3 is 11.1 Å². The minimum absolute atomic E-state index is 0.0473. The maximum Gasteiger partial charge on any atom is 0.251 e. The van der Waals surface area contributed by atoms with Crippen molar-refractivity contribution in [2.24, 2.45) is 5.73 Å². The van der Waals surface area contributed by atoms with Gasteiger partial charge in [-0.3, -0.25) is 4.79 Å². The van der Waals surface area contributed by atoms with Crippen molar-refractivity contribution in [1.82, 2.24) is 5.32 Å². The second-order valence-electron chi connectivity index (χ2n) is 4.84. The van der Waals surface area contributed by atoms with Crippen LogP contribution in [0.3, 0.4) is 0 Å². The second kappa shape index (κ2) is 6.87. The number of amides is 1. The predicted molar refractivity (Wildman–Crippen MR) is 81.5 cm³/mol. The number of nitrogens with one attached hydrogen (secondary N) is 1. The van der Waals surface area contributed by atoms with Crippen LogP contribution in [0.1, 0.15) is 27.0 Å². The fourth-order valence-corrected chi connectivity index (χ4v) is 2.14. The van der Waals surface area contributed by atoms with Gasteiger partial charge in [0.15, 0.2) is 0 Å². The first-order chi connectivity index (χ1) is 9.70. The third-order valence-electron chi connectivity index (χ3n) is 3.37. The normalized spacial score (nSPS) is 10.3. The summed E-state index contributed by atoms with van der Waals surface area (Å²) in [6, 6.07) is 15.6. The van der Waals surface area contributed by atoms with Crippen molar-refractivity contribution in [1.29, 1.82) is 0 Å². The summed E-state index contributed by atoms with van der Waals surface area (Å²) < 4.78 is 0. The molecular formula is C17H20N2O. The zero-order valence-electron chi connectivity index (χ0n) is 11.7. The first-order valence-electron chi connectivity index (χ1n) is 6.82. The van der Waals surface area contributed by atoms with E-state index in [1.54, 1.807) is 0 Å². The monoisotopic (exact) mass is 268 g/mol. The van der Waals surface area contributed by atoms with Crippen molar-refractivity contribution in [2.45, 2.75) is 19.9 Å². The second-order valence-corrected chi connectivity index (χ2v) is 4.84. The molecule has 0 saturated carbocycles. The SMILES string of the molecule is Cc1ccccc1CCNC(=O)c1cccc(CN)c1. The number of hydrogen-bond acceptors (Lipinski definition) is 2. The molecule has 20 heavy (non-hydrogen) atoms. The summed E-state index contributed by atoms with van der Waals surface area (Å²) in [7, 11) is 0. The Labute approximate surface area is 119 Å². The smallest absolute Gasteiger partial charge is 0.251 e. The van der Waals surface area contributed by atoms with E-state index in [-0.39, 0.29) is 5.91 Å². The summed E-state index contributed by atoms with van der Waals surface area (Å²) in [6.45, 7) is 3.17. The maximum atomic E-state index is 12.0. The van der Waals surface area contributed by atoms with E-state index in [1.165, 1.54) is 11.1 Å². The molecule has 0 saturated heterocycles. The molecule has 2 aromatic carbocycles. The lowest BCUT2D eigenvalue weighted by Gasteiger charge is -2.08. The molecule has 0 radical (unpaired) electrons. The Hall–Kier alpha value is -2.13. The van der Waals surface area contributed by atoms with Crippen LogP contribution in [0, 0.1) is 6.92 Å². The van der Waals surface area contributed by atoms with E-state index in [4.69, 9.17) is 5.73 Å². The molecule has 0 aliphatic carbocycles. The molecule has 0 spiro atoms. The van der Waals surface area contributed by atoms with Gasteiger partial charge in [-0.15, -0.1) is 0 Å². The van der Waals surface area contributed by atoms with Crippen molar-refractivity contribution in [3.05, 3.63) is 70.8 Å². The predicted octanol–water partition coefficient (Wildman–Crippen LogP) is 2.43. The van der Waals surface area contributed by atoms with Crippen LogP contribution in [0.2, 0.25) is 0 Å². The number of hydrogen-bond donors (Lipinski definition) is 2. The minimum atomic E-state index is -0.0473. The largest absolute Gasteiger partial charge is 0.352 e. The molecule has 1 amide bonds. The van der Waals surface area contributed by atoms with Crippen LogP contribution in [0.15, 0.2) is 48.5 Å². The van der Waals surface area contributed by atoms with Gasteiger partial charge in [0, 0.05) is 18.7 Å². The number of aryl methyl sites for hydroxylation is 1. The van der Waals surface area contributed by atoms with E-state index in [0.29, 0.717) is 18.7 Å². The lowest BCUT2D eigenvalue weighted by Crippen LogP contribution is -2.26. The fraction of sp³-hybridized carbons (Fsp3) is 0.235. The van der Waals surface area contributed by atoms with Crippen LogP contribution < -0.4 is 11.1 Å². The zero-order valence-corrected chi connectivity index (χ0v) is 11.7. The van der Waals surface area contributed by atoms with E-state index in [2.05, 4.69) is 24.4 Å². The molecule has 0 bridgehead atoms. The van der Waals surface area contributed by atoms with Crippen LogP contribution in [-0.4, -0.2) is 12.5 Å². The lowest BCUT2D eigenvalue weighted by atomic mass is 10.1. The van der Waals surface area contributed by atoms with Crippen molar-refractivity contribution in [2.75, 3.05) is 6.54 Å². The highest BCUT2D eigenvalue weighted by Crippen LogP contribution is 2.08. The van der Waals surface area contributed by atoms with Crippen LogP contribution in [0.4, 0.5) is 0 Å². The van der Waals surface area contributed by atoms with Crippen LogP contribution in [0.5, 0.6) is 0 Å². The summed E-state index contributed by atoms with van der Waals surface area (Å²) in [5.41, 5.74) is 9.74. The number of rotatable bonds is 5. The molecule has 0 aliphatic rings. The van der Waals surface area contributed by atoms with Crippen molar-refractivity contribution in [3.63, 3.8) is 0 Å². The summed E-state index contributed by atoms with van der Waals surface area (Å²) in [4.78, 5) is 12.0. The van der Waals surface area contributed by atoms with Crippen molar-refractivity contribution in [3.8, 4) is 0 Å². The van der Waals surface area contributed by atoms with E-state index in [9.17, 15) is 4.79 Å². The van der Waals surface area contributed by atoms with Gasteiger partial charge in [-0.05, 0) is 42.2 Å². The summed E-state index contributed by atoms with van der Waals surface area (Å²) in [5.74, 6) is -0.0473. The Morgan fingerprint density at radius 1 is 1.15 bits per heavy atom. The molecule has 2 aromatic rings. The van der Waals surface area contributed by atoms with Crippen molar-refractivity contribution >= 4 is 5.91 Å². The standard InChI is InChI=1S/C17H20N2O/c1-13-5-2-3-7-15(13)9-10-19-17(20)16-8-4-6-14(11-16)12-18/h2-8,11H,9-10,12,18H2,1H3,(H,19,20). The Morgan fingerprint density at radius 2 is 1.95 bits per heavy atom. The van der Waals surface area contributed by atoms with Gasteiger partial charge in [-0.1, -0.05) is 36.4 Å². The molecule has 0 fully saturated rings. The van der Waals surface area contributed by atoms with Crippen LogP contribution in [0.25, 0.3) is 0 Å². The summed E-state index contributed by atoms with van der Waals surface area (Å²) in [6.07, 6.45) is 0.842. The number of carbonyl (C=O) groups excluding carboxylic acids is 1. The van der Waals surface area contributed by atoms with E-state index < -0.39 is 0 Å². The van der Waals surface area contributed by atoms with E-state index in [0.717, 1.165) is 12.0 Å². The first-order valence-corrected chi connectivity index (χ1v) is 6.82. The number of nitrogens with two attached hydrogens (primary N) is 1. The molecule has 3 nitrogen and oxygen atoms in total. The van der Waals surface area contributed by atoms with Gasteiger partial charge in [0.05, 0.1) is 0 Å². The maximum absolute atomic E-state index is 12.0. The molecule has 2 rings (SSSR count). The highest BCUT2D eigenvalue weighted by atomic mass is 16.1. The molecule has 0 aromatic heterocycles. The van der Waals surface area contributed by atoms with Gasteiger partial charge >= 0.3 is 0 Å². The molecule has 3 N–H and O–H groups in total. The Balaban J connectivity index is 1.91. The Morgan fingerprint density at radius 3 is 2.70 bits per heavy atom. The zero-order chi connectivity index (χ0) is 14.4. The third-order valence-corrected chi connectivity index (χ3v) is 3.37. The molecule has 3 heteroatoms. The molecular weight excluding hydrogens is 248 g/mol. The highest BCUT2D eigenvalue weighted by molar-refractivity contribution is 5.94. The van der Waals surface area contributed by atoms with Gasteiger partial charge in [-0.25, -0.2) is 0 Å². The summed E-state index contributed by atoms with van der Waals surface area (Å²) >= 11 is 0.